The Labute approximate surface area is 812 Å². The van der Waals surface area contributed by atoms with Crippen molar-refractivity contribution in [1.82, 2.24) is 0 Å². The van der Waals surface area contributed by atoms with Crippen molar-refractivity contribution in [2.75, 3.05) is 0 Å². The van der Waals surface area contributed by atoms with Crippen LogP contribution in [0, 0.1) is 106 Å². The molecule has 2 spiro atoms. The maximum absolute atomic E-state index is 2.55. The molecule has 0 N–H and O–H groups in total. The standard InChI is InChI=1S/C30H38N.C29H36N.C29H38N.C25H30N.C17H16N/c1-21-18-22(2)23(3)26(19-21)29-20-27(25-10-6-7-11-28(25)31(29)4)24-12-16-30(17-13-24)14-8-5-9-15-30;1-20-17-21(2)22(3)25(18-20)28-19-26(24-9-5-6-10-27(24)30(28)4)23-11-15-29(16-12-23)13-7-8-14-29;1-7-29(8-2)15-13-23(14-16-29)26-19-28(25-18-20(3)17-21(4)22(25)5)30(6)27-12-10-9-11-24(26)27;1-17-14-18(2)19(3)22(15-17)25-16-23(20-10-6-5-7-11-20)21-12-8-9-13-24(21)26(25)4;1-13-7-3-5-9-15(13)17-16-10-6-4-8-14(16)11-12-18(17)2/h6-7,10-11,18-20,24H,5,8-9,12-17H2,1-4H3;5-6,9-10,17-19,23H,7-8,11-16H2,1-4H3;9-12,17-19,23H,7-8,13-16H2,1-6H3;8-9,12-16,20H,5-7,10-11H2,1-4H3;3-12H,1-2H3/q5*+1. The van der Waals surface area contributed by atoms with E-state index in [1.807, 2.05) is 0 Å². The Morgan fingerprint density at radius 2 is 0.533 bits per heavy atom. The van der Waals surface area contributed by atoms with Gasteiger partial charge in [0, 0.05) is 104 Å². The molecular weight excluding hydrogens is 1630 g/mol. The van der Waals surface area contributed by atoms with Gasteiger partial charge >= 0.3 is 0 Å². The highest BCUT2D eigenvalue weighted by atomic mass is 15.0. The maximum Gasteiger partial charge on any atom is 0.220 e. The fourth-order valence-electron chi connectivity index (χ4n) is 26.4. The first kappa shape index (κ1) is 96.0. The maximum atomic E-state index is 2.55. The van der Waals surface area contributed by atoms with E-state index in [9.17, 15) is 0 Å². The predicted molar refractivity (Wildman–Crippen MR) is 573 cm³/mol. The Morgan fingerprint density at radius 3 is 0.867 bits per heavy atom. The molecule has 0 amide bonds. The minimum absolute atomic E-state index is 0.582. The molecule has 6 aliphatic rings. The van der Waals surface area contributed by atoms with Gasteiger partial charge in [0.15, 0.2) is 6.20 Å². The summed E-state index contributed by atoms with van der Waals surface area (Å²) >= 11 is 0. The van der Waals surface area contributed by atoms with Gasteiger partial charge in [-0.1, -0.05) is 210 Å². The largest absolute Gasteiger partial charge is 0.220 e. The van der Waals surface area contributed by atoms with Crippen LogP contribution in [-0.4, -0.2) is 0 Å². The monoisotopic (exact) mass is 1790 g/mol. The van der Waals surface area contributed by atoms with Crippen LogP contribution in [0.5, 0.6) is 0 Å². The second-order valence-corrected chi connectivity index (χ2v) is 43.6. The summed E-state index contributed by atoms with van der Waals surface area (Å²) in [6.07, 6.45) is 41.4. The highest BCUT2D eigenvalue weighted by molar-refractivity contribution is 5.94. The van der Waals surface area contributed by atoms with Crippen LogP contribution in [0.4, 0.5) is 0 Å². The van der Waals surface area contributed by atoms with E-state index < -0.39 is 0 Å². The topological polar surface area (TPSA) is 19.4 Å². The third-order valence-electron chi connectivity index (χ3n) is 35.3. The van der Waals surface area contributed by atoms with Crippen LogP contribution in [-0.2, 0) is 35.2 Å². The van der Waals surface area contributed by atoms with Crippen LogP contribution in [0.2, 0.25) is 0 Å². The second-order valence-electron chi connectivity index (χ2n) is 43.6. The Morgan fingerprint density at radius 1 is 0.252 bits per heavy atom. The lowest BCUT2D eigenvalue weighted by Crippen LogP contribution is -2.34. The van der Waals surface area contributed by atoms with Crippen LogP contribution in [0.3, 0.4) is 0 Å². The second kappa shape index (κ2) is 41.3. The van der Waals surface area contributed by atoms with Crippen molar-refractivity contribution in [3.63, 3.8) is 0 Å². The van der Waals surface area contributed by atoms with E-state index in [0.29, 0.717) is 39.9 Å². The molecule has 135 heavy (non-hydrogen) atoms. The molecule has 698 valence electrons. The molecular formula is C130H158N5+5. The smallest absolute Gasteiger partial charge is 0.200 e. The summed E-state index contributed by atoms with van der Waals surface area (Å²) in [6, 6.07) is 84.2. The quantitative estimate of drug-likeness (QED) is 0.115. The Bertz CT molecular complexity index is 6670. The third kappa shape index (κ3) is 20.0. The molecule has 0 unspecified atom stereocenters. The van der Waals surface area contributed by atoms with Crippen molar-refractivity contribution in [2.45, 2.75) is 307 Å². The minimum Gasteiger partial charge on any atom is -0.200 e. The first-order valence-corrected chi connectivity index (χ1v) is 52.6. The number of aryl methyl sites for hydroxylation is 14. The van der Waals surface area contributed by atoms with Crippen LogP contribution in [0.1, 0.15) is 312 Å². The molecule has 5 nitrogen and oxygen atoms in total. The van der Waals surface area contributed by atoms with Gasteiger partial charge in [0.05, 0.1) is 5.39 Å². The van der Waals surface area contributed by atoms with Gasteiger partial charge in [-0.3, -0.25) is 0 Å². The van der Waals surface area contributed by atoms with E-state index in [1.54, 1.807) is 22.3 Å². The summed E-state index contributed by atoms with van der Waals surface area (Å²) in [4.78, 5) is 0. The zero-order valence-electron chi connectivity index (χ0n) is 86.3. The molecule has 21 rings (SSSR count). The molecule has 0 atom stereocenters. The van der Waals surface area contributed by atoms with Crippen molar-refractivity contribution < 1.29 is 22.8 Å². The van der Waals surface area contributed by atoms with Crippen LogP contribution in [0.25, 0.3) is 111 Å². The van der Waals surface area contributed by atoms with Crippen LogP contribution < -0.4 is 22.8 Å². The van der Waals surface area contributed by atoms with E-state index in [0.717, 1.165) is 0 Å². The van der Waals surface area contributed by atoms with Gasteiger partial charge in [0.2, 0.25) is 50.5 Å². The number of hydrogen-bond donors (Lipinski definition) is 0. The summed E-state index contributed by atoms with van der Waals surface area (Å²) in [5, 5.41) is 8.38. The molecule has 6 fully saturated rings. The Hall–Kier alpha value is -10.8. The SMILES string of the molecule is CCC1(CC)CCC(c2cc(-c3cc(C)cc(C)c3C)[n+](C)c3ccccc23)CC1.Cc1cc(C)c(C)c(-c2cc(C3CCC4(CCCC4)CC3)c3ccccc3[n+]2C)c1.Cc1cc(C)c(C)c(-c2cc(C3CCC4(CCCCC4)CC3)c3ccccc3[n+]2C)c1.Cc1cc(C)c(C)c(-c2cc(C3CCCCC3)c3ccccc3[n+]2C)c1.Cc1ccccc1-c1c2ccccc2cc[n+]1C. The van der Waals surface area contributed by atoms with Gasteiger partial charge in [-0.15, -0.1) is 0 Å². The first-order chi connectivity index (χ1) is 65.2. The van der Waals surface area contributed by atoms with E-state index >= 15 is 0 Å². The van der Waals surface area contributed by atoms with E-state index in [2.05, 4.69) is 393 Å². The van der Waals surface area contributed by atoms with E-state index in [-0.39, 0.29) is 0 Å². The number of pyridine rings is 5. The van der Waals surface area contributed by atoms with Gasteiger partial charge in [-0.25, -0.2) is 4.57 Å². The average molecular weight is 1790 g/mol. The first-order valence-electron chi connectivity index (χ1n) is 52.6. The van der Waals surface area contributed by atoms with Gasteiger partial charge in [-0.05, 0) is 384 Å². The van der Waals surface area contributed by atoms with E-state index in [1.165, 1.54) is 363 Å². The molecule has 6 saturated carbocycles. The molecule has 5 heterocycles. The van der Waals surface area contributed by atoms with Crippen molar-refractivity contribution in [2.24, 2.45) is 51.5 Å². The highest BCUT2D eigenvalue weighted by Gasteiger charge is 2.42. The Balaban J connectivity index is 0.000000118. The van der Waals surface area contributed by atoms with Gasteiger partial charge in [0.1, 0.15) is 35.2 Å². The number of benzene rings is 10. The summed E-state index contributed by atoms with van der Waals surface area (Å²) < 4.78 is 11.8. The molecule has 5 heteroatoms. The average Bonchev–Trinajstić information content (AvgIpc) is 1.28. The molecule has 0 aliphatic heterocycles. The molecule has 15 aromatic rings. The van der Waals surface area contributed by atoms with Crippen LogP contribution in [0.15, 0.2) is 231 Å². The van der Waals surface area contributed by atoms with Gasteiger partial charge < -0.3 is 0 Å². The molecule has 0 radical (unpaired) electrons. The number of rotatable bonds is 11. The lowest BCUT2D eigenvalue weighted by atomic mass is 9.62. The van der Waals surface area contributed by atoms with Crippen LogP contribution >= 0.6 is 0 Å². The molecule has 0 bridgehead atoms. The number of fused-ring (bicyclic) bond motifs is 5. The normalized spacial score (nSPS) is 17.6. The predicted octanol–water partition coefficient (Wildman–Crippen LogP) is 33.0. The zero-order valence-corrected chi connectivity index (χ0v) is 86.3. The van der Waals surface area contributed by atoms with Crippen molar-refractivity contribution in [3.05, 3.63) is 325 Å². The number of para-hydroxylation sites is 4. The lowest BCUT2D eigenvalue weighted by Gasteiger charge is -2.43. The summed E-state index contributed by atoms with van der Waals surface area (Å²) in [5.74, 6) is 2.78. The molecule has 10 aromatic carbocycles. The number of hydrogen-bond acceptors (Lipinski definition) is 0. The zero-order chi connectivity index (χ0) is 94.7. The lowest BCUT2D eigenvalue weighted by molar-refractivity contribution is -0.659. The molecule has 0 saturated heterocycles. The fourth-order valence-corrected chi connectivity index (χ4v) is 26.4. The minimum atomic E-state index is 0.582. The molecule has 6 aliphatic carbocycles. The van der Waals surface area contributed by atoms with E-state index in [4.69, 9.17) is 0 Å². The van der Waals surface area contributed by atoms with Crippen molar-refractivity contribution >= 4 is 54.4 Å². The summed E-state index contributed by atoms with van der Waals surface area (Å²) in [6.45, 7) is 33.9. The highest BCUT2D eigenvalue weighted by Crippen LogP contribution is 2.56. The summed E-state index contributed by atoms with van der Waals surface area (Å²) in [5.41, 5.74) is 45.2. The van der Waals surface area contributed by atoms with Crippen molar-refractivity contribution in [1.29, 1.82) is 0 Å². The number of nitrogens with zero attached hydrogens (tertiary/aromatic N) is 5. The fraction of sp³-hybridized carbons (Fsp3) is 0.423. The number of aromatic nitrogens is 5. The Kier molecular flexibility index (Phi) is 29.3. The van der Waals surface area contributed by atoms with Crippen molar-refractivity contribution in [3.8, 4) is 56.3 Å². The third-order valence-corrected chi connectivity index (χ3v) is 35.3. The van der Waals surface area contributed by atoms with Gasteiger partial charge in [-0.2, -0.15) is 18.3 Å². The van der Waals surface area contributed by atoms with Gasteiger partial charge in [0.25, 0.3) is 0 Å². The molecule has 5 aromatic heterocycles. The summed E-state index contributed by atoms with van der Waals surface area (Å²) in [7, 11) is 11.1.